The zero-order valence-corrected chi connectivity index (χ0v) is 10.2. The van der Waals surface area contributed by atoms with Gasteiger partial charge in [0.2, 0.25) is 0 Å². The Kier molecular flexibility index (Phi) is 3.02. The quantitative estimate of drug-likeness (QED) is 0.699. The van der Waals surface area contributed by atoms with Gasteiger partial charge in [-0.3, -0.25) is 4.79 Å². The van der Waals surface area contributed by atoms with Crippen molar-refractivity contribution in [2.75, 3.05) is 13.1 Å². The van der Waals surface area contributed by atoms with E-state index in [2.05, 4.69) is 15.6 Å². The molecule has 1 aromatic carbocycles. The molecule has 4 nitrogen and oxygen atoms in total. The highest BCUT2D eigenvalue weighted by atomic mass is 16.1. The van der Waals surface area contributed by atoms with Crippen molar-refractivity contribution in [3.63, 3.8) is 0 Å². The number of aromatic nitrogens is 1. The van der Waals surface area contributed by atoms with Crippen LogP contribution in [-0.2, 0) is 0 Å². The maximum Gasteiger partial charge on any atom is 0.253 e. The highest BCUT2D eigenvalue weighted by Gasteiger charge is 2.19. The first-order valence-corrected chi connectivity index (χ1v) is 6.42. The number of carbonyl (C=O) groups is 1. The Morgan fingerprint density at radius 3 is 3.00 bits per heavy atom. The van der Waals surface area contributed by atoms with Gasteiger partial charge >= 0.3 is 0 Å². The standard InChI is InChI=1S/C14H17N3O/c18-14(17-9-8-15-11-4-5-11)12-3-1-2-10-6-7-16-13(10)12/h1-3,6-7,11,15-16H,4-5,8-9H2,(H,17,18). The fourth-order valence-corrected chi connectivity index (χ4v) is 2.11. The molecule has 0 radical (unpaired) electrons. The summed E-state index contributed by atoms with van der Waals surface area (Å²) in [6, 6.07) is 8.42. The van der Waals surface area contributed by atoms with Crippen LogP contribution in [-0.4, -0.2) is 30.0 Å². The van der Waals surface area contributed by atoms with Gasteiger partial charge in [-0.05, 0) is 25.0 Å². The molecule has 1 fully saturated rings. The molecule has 2 aromatic rings. The number of hydrogen-bond acceptors (Lipinski definition) is 2. The van der Waals surface area contributed by atoms with E-state index in [1.807, 2.05) is 30.5 Å². The zero-order valence-electron chi connectivity index (χ0n) is 10.2. The van der Waals surface area contributed by atoms with Crippen LogP contribution >= 0.6 is 0 Å². The SMILES string of the molecule is O=C(NCCNC1CC1)c1cccc2cc[nH]c12. The van der Waals surface area contributed by atoms with E-state index in [1.165, 1.54) is 12.8 Å². The summed E-state index contributed by atoms with van der Waals surface area (Å²) >= 11 is 0. The second-order valence-corrected chi connectivity index (χ2v) is 4.73. The second-order valence-electron chi connectivity index (χ2n) is 4.73. The van der Waals surface area contributed by atoms with Crippen molar-refractivity contribution in [3.8, 4) is 0 Å². The van der Waals surface area contributed by atoms with E-state index in [4.69, 9.17) is 0 Å². The third-order valence-electron chi connectivity index (χ3n) is 3.25. The van der Waals surface area contributed by atoms with Crippen LogP contribution in [0, 0.1) is 0 Å². The lowest BCUT2D eigenvalue weighted by Gasteiger charge is -2.07. The number of rotatable bonds is 5. The number of aromatic amines is 1. The van der Waals surface area contributed by atoms with Gasteiger partial charge in [-0.15, -0.1) is 0 Å². The summed E-state index contributed by atoms with van der Waals surface area (Å²) in [6.45, 7) is 1.52. The van der Waals surface area contributed by atoms with Crippen LogP contribution in [0.4, 0.5) is 0 Å². The molecule has 18 heavy (non-hydrogen) atoms. The largest absolute Gasteiger partial charge is 0.361 e. The molecular weight excluding hydrogens is 226 g/mol. The molecule has 0 unspecified atom stereocenters. The average Bonchev–Trinajstić information content (AvgIpc) is 3.08. The maximum atomic E-state index is 12.1. The molecule has 1 aromatic heterocycles. The normalized spacial score (nSPS) is 14.9. The Balaban J connectivity index is 1.62. The first kappa shape index (κ1) is 11.3. The van der Waals surface area contributed by atoms with Crippen molar-refractivity contribution in [3.05, 3.63) is 36.0 Å². The fraction of sp³-hybridized carbons (Fsp3) is 0.357. The topological polar surface area (TPSA) is 56.9 Å². The molecule has 3 N–H and O–H groups in total. The number of H-pyrrole nitrogens is 1. The van der Waals surface area contributed by atoms with Crippen LogP contribution in [0.5, 0.6) is 0 Å². The summed E-state index contributed by atoms with van der Waals surface area (Å²) in [5, 5.41) is 7.38. The van der Waals surface area contributed by atoms with Gasteiger partial charge in [-0.25, -0.2) is 0 Å². The molecule has 0 atom stereocenters. The van der Waals surface area contributed by atoms with E-state index in [-0.39, 0.29) is 5.91 Å². The molecule has 1 heterocycles. The van der Waals surface area contributed by atoms with Crippen molar-refractivity contribution in [2.45, 2.75) is 18.9 Å². The van der Waals surface area contributed by atoms with Crippen LogP contribution in [0.15, 0.2) is 30.5 Å². The average molecular weight is 243 g/mol. The van der Waals surface area contributed by atoms with Gasteiger partial charge in [-0.1, -0.05) is 12.1 Å². The maximum absolute atomic E-state index is 12.1. The molecule has 1 aliphatic carbocycles. The zero-order chi connectivity index (χ0) is 12.4. The first-order chi connectivity index (χ1) is 8.84. The molecule has 3 rings (SSSR count). The fourth-order valence-electron chi connectivity index (χ4n) is 2.11. The minimum absolute atomic E-state index is 0.0133. The summed E-state index contributed by atoms with van der Waals surface area (Å²) < 4.78 is 0. The van der Waals surface area contributed by atoms with Gasteiger partial charge in [0.25, 0.3) is 5.91 Å². The van der Waals surface area contributed by atoms with Crippen molar-refractivity contribution >= 4 is 16.8 Å². The summed E-state index contributed by atoms with van der Waals surface area (Å²) in [5.41, 5.74) is 1.62. The Morgan fingerprint density at radius 1 is 1.28 bits per heavy atom. The van der Waals surface area contributed by atoms with Crippen molar-refractivity contribution in [1.82, 2.24) is 15.6 Å². The molecule has 1 amide bonds. The molecular formula is C14H17N3O. The van der Waals surface area contributed by atoms with Crippen molar-refractivity contribution in [1.29, 1.82) is 0 Å². The van der Waals surface area contributed by atoms with Gasteiger partial charge < -0.3 is 15.6 Å². The number of amides is 1. The monoisotopic (exact) mass is 243 g/mol. The molecule has 94 valence electrons. The summed E-state index contributed by atoms with van der Waals surface area (Å²) in [6.07, 6.45) is 4.40. The van der Waals surface area contributed by atoms with Gasteiger partial charge in [0, 0.05) is 30.7 Å². The van der Waals surface area contributed by atoms with E-state index in [0.29, 0.717) is 18.2 Å². The molecule has 0 spiro atoms. The minimum Gasteiger partial charge on any atom is -0.361 e. The lowest BCUT2D eigenvalue weighted by Crippen LogP contribution is -2.32. The number of hydrogen-bond donors (Lipinski definition) is 3. The molecule has 1 aliphatic rings. The number of para-hydroxylation sites is 1. The minimum atomic E-state index is -0.0133. The Labute approximate surface area is 106 Å². The van der Waals surface area contributed by atoms with Gasteiger partial charge in [0.05, 0.1) is 11.1 Å². The van der Waals surface area contributed by atoms with Crippen LogP contribution < -0.4 is 10.6 Å². The van der Waals surface area contributed by atoms with Crippen LogP contribution in [0.3, 0.4) is 0 Å². The van der Waals surface area contributed by atoms with E-state index in [9.17, 15) is 4.79 Å². The van der Waals surface area contributed by atoms with Gasteiger partial charge in [-0.2, -0.15) is 0 Å². The van der Waals surface area contributed by atoms with E-state index in [1.54, 1.807) is 0 Å². The Morgan fingerprint density at radius 2 is 2.17 bits per heavy atom. The predicted molar refractivity (Wildman–Crippen MR) is 71.7 cm³/mol. The number of nitrogens with one attached hydrogen (secondary N) is 3. The van der Waals surface area contributed by atoms with Crippen molar-refractivity contribution in [2.24, 2.45) is 0 Å². The Hall–Kier alpha value is -1.81. The molecule has 4 heteroatoms. The van der Waals surface area contributed by atoms with Gasteiger partial charge in [0.1, 0.15) is 0 Å². The number of carbonyl (C=O) groups excluding carboxylic acids is 1. The molecule has 0 bridgehead atoms. The smallest absolute Gasteiger partial charge is 0.253 e. The third kappa shape index (κ3) is 2.38. The summed E-state index contributed by atoms with van der Waals surface area (Å²) in [4.78, 5) is 15.2. The van der Waals surface area contributed by atoms with E-state index in [0.717, 1.165) is 17.4 Å². The summed E-state index contributed by atoms with van der Waals surface area (Å²) in [5.74, 6) is -0.0133. The van der Waals surface area contributed by atoms with E-state index >= 15 is 0 Å². The van der Waals surface area contributed by atoms with Gasteiger partial charge in [0.15, 0.2) is 0 Å². The molecule has 0 aliphatic heterocycles. The third-order valence-corrected chi connectivity index (χ3v) is 3.25. The lowest BCUT2D eigenvalue weighted by atomic mass is 10.1. The molecule has 1 saturated carbocycles. The Bertz CT molecular complexity index is 557. The van der Waals surface area contributed by atoms with E-state index < -0.39 is 0 Å². The highest BCUT2D eigenvalue weighted by molar-refractivity contribution is 6.05. The highest BCUT2D eigenvalue weighted by Crippen LogP contribution is 2.18. The number of fused-ring (bicyclic) bond motifs is 1. The second kappa shape index (κ2) is 4.82. The lowest BCUT2D eigenvalue weighted by molar-refractivity contribution is 0.0955. The number of benzene rings is 1. The predicted octanol–water partition coefficient (Wildman–Crippen LogP) is 1.65. The molecule has 0 saturated heterocycles. The summed E-state index contributed by atoms with van der Waals surface area (Å²) in [7, 11) is 0. The van der Waals surface area contributed by atoms with Crippen molar-refractivity contribution < 1.29 is 4.79 Å². The van der Waals surface area contributed by atoms with Crippen LogP contribution in [0.2, 0.25) is 0 Å². The first-order valence-electron chi connectivity index (χ1n) is 6.42. The van der Waals surface area contributed by atoms with Crippen LogP contribution in [0.25, 0.3) is 10.9 Å². The van der Waals surface area contributed by atoms with Crippen LogP contribution in [0.1, 0.15) is 23.2 Å².